The number of fused-ring (bicyclic) bond motifs is 1. The lowest BCUT2D eigenvalue weighted by molar-refractivity contribution is 0.0589. The molecule has 3 nitrogen and oxygen atoms in total. The summed E-state index contributed by atoms with van der Waals surface area (Å²) in [6, 6.07) is 0. The van der Waals surface area contributed by atoms with Gasteiger partial charge in [0, 0.05) is 31.5 Å². The van der Waals surface area contributed by atoms with Crippen LogP contribution in [0.4, 0.5) is 0 Å². The zero-order valence-corrected chi connectivity index (χ0v) is 9.24. The third-order valence-corrected chi connectivity index (χ3v) is 3.17. The second kappa shape index (κ2) is 4.60. The number of rotatable bonds is 4. The lowest BCUT2D eigenvalue weighted by Gasteiger charge is -2.17. The number of hydrogen-bond acceptors (Lipinski definition) is 3. The maximum atomic E-state index is 5.55. The minimum Gasteiger partial charge on any atom is -0.381 e. The Balaban J connectivity index is 1.64. The van der Waals surface area contributed by atoms with Crippen molar-refractivity contribution < 1.29 is 9.47 Å². The Hall–Kier alpha value is -0.120. The number of ether oxygens (including phenoxy) is 2. The molecule has 0 aromatic carbocycles. The molecule has 2 heterocycles. The van der Waals surface area contributed by atoms with Gasteiger partial charge in [-0.25, -0.2) is 0 Å². The highest BCUT2D eigenvalue weighted by Crippen LogP contribution is 2.28. The summed E-state index contributed by atoms with van der Waals surface area (Å²) < 4.78 is 11.0. The highest BCUT2D eigenvalue weighted by atomic mass is 16.5. The molecule has 0 aromatic rings. The summed E-state index contributed by atoms with van der Waals surface area (Å²) in [4.78, 5) is 2.51. The lowest BCUT2D eigenvalue weighted by atomic mass is 10.0. The molecule has 14 heavy (non-hydrogen) atoms. The maximum Gasteiger partial charge on any atom is 0.0596 e. The Bertz CT molecular complexity index is 172. The Labute approximate surface area is 86.4 Å². The van der Waals surface area contributed by atoms with Gasteiger partial charge < -0.3 is 14.4 Å². The monoisotopic (exact) mass is 199 g/mol. The number of likely N-dealkylation sites (tertiary alicyclic amines) is 1. The van der Waals surface area contributed by atoms with E-state index in [-0.39, 0.29) is 0 Å². The maximum absolute atomic E-state index is 5.55. The average Bonchev–Trinajstić information content (AvgIpc) is 2.62. The van der Waals surface area contributed by atoms with Crippen LogP contribution in [0.15, 0.2) is 0 Å². The lowest BCUT2D eigenvalue weighted by Crippen LogP contribution is -2.27. The van der Waals surface area contributed by atoms with Gasteiger partial charge in [-0.15, -0.1) is 0 Å². The van der Waals surface area contributed by atoms with Crippen molar-refractivity contribution in [2.45, 2.75) is 20.0 Å². The van der Waals surface area contributed by atoms with Crippen molar-refractivity contribution in [3.63, 3.8) is 0 Å². The van der Waals surface area contributed by atoms with Crippen LogP contribution in [0.1, 0.15) is 13.8 Å². The first kappa shape index (κ1) is 10.4. The predicted octanol–water partition coefficient (Wildman–Crippen LogP) is 0.990. The molecule has 2 aliphatic rings. The van der Waals surface area contributed by atoms with E-state index in [9.17, 15) is 0 Å². The van der Waals surface area contributed by atoms with E-state index < -0.39 is 0 Å². The van der Waals surface area contributed by atoms with E-state index in [1.807, 2.05) is 0 Å². The second-order valence-corrected chi connectivity index (χ2v) is 4.74. The van der Waals surface area contributed by atoms with E-state index in [2.05, 4.69) is 18.7 Å². The van der Waals surface area contributed by atoms with Crippen molar-refractivity contribution in [3.8, 4) is 0 Å². The molecule has 2 atom stereocenters. The molecule has 0 amide bonds. The molecule has 3 heteroatoms. The summed E-state index contributed by atoms with van der Waals surface area (Å²) in [5.41, 5.74) is 0. The van der Waals surface area contributed by atoms with Crippen LogP contribution in [0.3, 0.4) is 0 Å². The van der Waals surface area contributed by atoms with Gasteiger partial charge >= 0.3 is 0 Å². The highest BCUT2D eigenvalue weighted by Gasteiger charge is 2.36. The van der Waals surface area contributed by atoms with E-state index in [4.69, 9.17) is 9.47 Å². The summed E-state index contributed by atoms with van der Waals surface area (Å²) in [7, 11) is 0. The zero-order chi connectivity index (χ0) is 9.97. The van der Waals surface area contributed by atoms with Crippen molar-refractivity contribution in [2.75, 3.05) is 39.5 Å². The molecule has 0 unspecified atom stereocenters. The van der Waals surface area contributed by atoms with Crippen molar-refractivity contribution in [3.05, 3.63) is 0 Å². The molecule has 2 aliphatic heterocycles. The molecule has 2 saturated heterocycles. The van der Waals surface area contributed by atoms with Gasteiger partial charge in [0.05, 0.1) is 25.9 Å². The molecule has 0 bridgehead atoms. The molecule has 0 saturated carbocycles. The molecular formula is C11H21NO2. The van der Waals surface area contributed by atoms with Crippen LogP contribution in [0.2, 0.25) is 0 Å². The first-order valence-electron chi connectivity index (χ1n) is 5.67. The van der Waals surface area contributed by atoms with Crippen LogP contribution in [-0.4, -0.2) is 50.5 Å². The third-order valence-electron chi connectivity index (χ3n) is 3.17. The summed E-state index contributed by atoms with van der Waals surface area (Å²) in [5.74, 6) is 1.60. The van der Waals surface area contributed by atoms with Crippen LogP contribution >= 0.6 is 0 Å². The number of hydrogen-bond donors (Lipinski definition) is 0. The molecule has 0 aromatic heterocycles. The molecule has 2 fully saturated rings. The smallest absolute Gasteiger partial charge is 0.0596 e. The van der Waals surface area contributed by atoms with Gasteiger partial charge in [-0.05, 0) is 13.8 Å². The molecule has 0 spiro atoms. The van der Waals surface area contributed by atoms with E-state index in [0.29, 0.717) is 6.10 Å². The minimum absolute atomic E-state index is 0.362. The standard InChI is InChI=1S/C11H21NO2/c1-9(2)14-4-3-12-5-10-7-13-8-11(10)6-12/h9-11H,3-8H2,1-2H3/t10-,11+. The van der Waals surface area contributed by atoms with Crippen molar-refractivity contribution in [1.29, 1.82) is 0 Å². The normalized spacial score (nSPS) is 32.8. The summed E-state index contributed by atoms with van der Waals surface area (Å²) >= 11 is 0. The van der Waals surface area contributed by atoms with E-state index in [1.54, 1.807) is 0 Å². The summed E-state index contributed by atoms with van der Waals surface area (Å²) in [6.45, 7) is 10.5. The molecule has 0 N–H and O–H groups in total. The molecular weight excluding hydrogens is 178 g/mol. The fourth-order valence-electron chi connectivity index (χ4n) is 2.38. The Kier molecular flexibility index (Phi) is 3.42. The van der Waals surface area contributed by atoms with Gasteiger partial charge in [-0.1, -0.05) is 0 Å². The average molecular weight is 199 g/mol. The van der Waals surface area contributed by atoms with Crippen LogP contribution < -0.4 is 0 Å². The van der Waals surface area contributed by atoms with E-state index in [0.717, 1.165) is 38.2 Å². The highest BCUT2D eigenvalue weighted by molar-refractivity contribution is 4.87. The summed E-state index contributed by atoms with van der Waals surface area (Å²) in [5, 5.41) is 0. The van der Waals surface area contributed by atoms with Crippen LogP contribution in [0.5, 0.6) is 0 Å². The van der Waals surface area contributed by atoms with Gasteiger partial charge in [0.25, 0.3) is 0 Å². The van der Waals surface area contributed by atoms with Crippen LogP contribution in [-0.2, 0) is 9.47 Å². The topological polar surface area (TPSA) is 21.7 Å². The first-order valence-corrected chi connectivity index (χ1v) is 5.67. The predicted molar refractivity (Wildman–Crippen MR) is 55.3 cm³/mol. The van der Waals surface area contributed by atoms with E-state index in [1.165, 1.54) is 13.1 Å². The van der Waals surface area contributed by atoms with Crippen LogP contribution in [0, 0.1) is 11.8 Å². The fraction of sp³-hybridized carbons (Fsp3) is 1.00. The largest absolute Gasteiger partial charge is 0.381 e. The first-order chi connectivity index (χ1) is 6.75. The van der Waals surface area contributed by atoms with Gasteiger partial charge in [-0.2, -0.15) is 0 Å². The number of nitrogens with zero attached hydrogens (tertiary/aromatic N) is 1. The SMILES string of the molecule is CC(C)OCCN1C[C@H]2COC[C@H]2C1. The third kappa shape index (κ3) is 2.47. The molecule has 0 radical (unpaired) electrons. The molecule has 82 valence electrons. The quantitative estimate of drug-likeness (QED) is 0.674. The zero-order valence-electron chi connectivity index (χ0n) is 9.24. The van der Waals surface area contributed by atoms with Gasteiger partial charge in [0.2, 0.25) is 0 Å². The van der Waals surface area contributed by atoms with Gasteiger partial charge in [0.1, 0.15) is 0 Å². The fourth-order valence-corrected chi connectivity index (χ4v) is 2.38. The van der Waals surface area contributed by atoms with Gasteiger partial charge in [-0.3, -0.25) is 0 Å². The van der Waals surface area contributed by atoms with Crippen molar-refractivity contribution in [1.82, 2.24) is 4.90 Å². The van der Waals surface area contributed by atoms with Gasteiger partial charge in [0.15, 0.2) is 0 Å². The Morgan fingerprint density at radius 1 is 1.29 bits per heavy atom. The second-order valence-electron chi connectivity index (χ2n) is 4.74. The Morgan fingerprint density at radius 2 is 1.93 bits per heavy atom. The van der Waals surface area contributed by atoms with Crippen molar-refractivity contribution in [2.24, 2.45) is 11.8 Å². The Morgan fingerprint density at radius 3 is 2.50 bits per heavy atom. The van der Waals surface area contributed by atoms with Crippen LogP contribution in [0.25, 0.3) is 0 Å². The minimum atomic E-state index is 0.362. The van der Waals surface area contributed by atoms with E-state index >= 15 is 0 Å². The summed E-state index contributed by atoms with van der Waals surface area (Å²) in [6.07, 6.45) is 0.362. The molecule has 0 aliphatic carbocycles. The van der Waals surface area contributed by atoms with Crippen molar-refractivity contribution >= 4 is 0 Å². The molecule has 2 rings (SSSR count).